The summed E-state index contributed by atoms with van der Waals surface area (Å²) in [7, 11) is 0. The van der Waals surface area contributed by atoms with Crippen LogP contribution in [0.5, 0.6) is 0 Å². The number of benzene rings is 1. The fraction of sp³-hybridized carbons (Fsp3) is 0.0833. The largest absolute Gasteiger partial charge is 0.292 e. The van der Waals surface area contributed by atoms with Gasteiger partial charge in [0, 0.05) is 16.7 Å². The van der Waals surface area contributed by atoms with Gasteiger partial charge in [0.05, 0.1) is 5.69 Å². The average molecular weight is 258 g/mol. The zero-order valence-electron chi connectivity index (χ0n) is 9.38. The molecular weight excluding hydrogens is 248 g/mol. The summed E-state index contributed by atoms with van der Waals surface area (Å²) in [5.41, 5.74) is 0.358. The number of nitriles is 1. The van der Waals surface area contributed by atoms with Crippen molar-refractivity contribution in [2.75, 3.05) is 5.32 Å². The van der Waals surface area contributed by atoms with E-state index in [4.69, 9.17) is 5.26 Å². The Morgan fingerprint density at radius 1 is 1.39 bits per heavy atom. The van der Waals surface area contributed by atoms with Gasteiger partial charge in [-0.3, -0.25) is 15.1 Å². The molecule has 1 aromatic heterocycles. The highest BCUT2D eigenvalue weighted by molar-refractivity contribution is 7.98. The molecule has 0 radical (unpaired) electrons. The van der Waals surface area contributed by atoms with Gasteiger partial charge < -0.3 is 0 Å². The van der Waals surface area contributed by atoms with E-state index in [0.29, 0.717) is 11.4 Å². The molecule has 1 aromatic carbocycles. The summed E-state index contributed by atoms with van der Waals surface area (Å²) < 4.78 is 0. The number of nitrogens with zero attached hydrogens (tertiary/aromatic N) is 2. The van der Waals surface area contributed by atoms with E-state index < -0.39 is 0 Å². The zero-order chi connectivity index (χ0) is 12.8. The third kappa shape index (κ3) is 3.37. The molecule has 0 amide bonds. The molecule has 6 heteroatoms. The molecule has 0 aliphatic rings. The van der Waals surface area contributed by atoms with E-state index in [2.05, 4.69) is 15.3 Å². The minimum absolute atomic E-state index is 0.175. The van der Waals surface area contributed by atoms with Crippen molar-refractivity contribution < 1.29 is 0 Å². The molecule has 0 saturated carbocycles. The summed E-state index contributed by atoms with van der Waals surface area (Å²) >= 11 is 1.58. The summed E-state index contributed by atoms with van der Waals surface area (Å²) in [6.07, 6.45) is 1.72. The molecule has 2 rings (SSSR count). The highest BCUT2D eigenvalue weighted by Crippen LogP contribution is 2.20. The van der Waals surface area contributed by atoms with Gasteiger partial charge in [-0.05, 0) is 12.1 Å². The minimum Gasteiger partial charge on any atom is -0.292 e. The van der Waals surface area contributed by atoms with Crippen LogP contribution in [0.15, 0.2) is 46.1 Å². The van der Waals surface area contributed by atoms with Crippen molar-refractivity contribution in [1.82, 2.24) is 9.97 Å². The lowest BCUT2D eigenvalue weighted by Crippen LogP contribution is -2.11. The van der Waals surface area contributed by atoms with Gasteiger partial charge in [-0.15, -0.1) is 11.8 Å². The SMILES string of the molecule is N#CNc1nc(CSc2ccccc2)cc(=O)[nH]1. The first-order valence-corrected chi connectivity index (χ1v) is 6.19. The molecule has 0 aliphatic carbocycles. The fourth-order valence-corrected chi connectivity index (χ4v) is 2.18. The van der Waals surface area contributed by atoms with Gasteiger partial charge in [-0.25, -0.2) is 4.98 Å². The first-order chi connectivity index (χ1) is 8.78. The van der Waals surface area contributed by atoms with Crippen molar-refractivity contribution in [3.8, 4) is 6.19 Å². The van der Waals surface area contributed by atoms with E-state index in [1.54, 1.807) is 18.0 Å². The number of hydrogen-bond acceptors (Lipinski definition) is 5. The molecule has 1 heterocycles. The van der Waals surface area contributed by atoms with Crippen molar-refractivity contribution >= 4 is 17.7 Å². The van der Waals surface area contributed by atoms with E-state index in [9.17, 15) is 4.79 Å². The van der Waals surface area contributed by atoms with Crippen molar-refractivity contribution in [3.05, 3.63) is 52.4 Å². The van der Waals surface area contributed by atoms with Gasteiger partial charge >= 0.3 is 0 Å². The molecule has 0 spiro atoms. The molecule has 0 saturated heterocycles. The van der Waals surface area contributed by atoms with Crippen LogP contribution in [-0.2, 0) is 5.75 Å². The van der Waals surface area contributed by atoms with E-state index >= 15 is 0 Å². The molecule has 0 atom stereocenters. The number of hydrogen-bond donors (Lipinski definition) is 2. The Balaban J connectivity index is 2.10. The van der Waals surface area contributed by atoms with Gasteiger partial charge in [-0.1, -0.05) is 18.2 Å². The molecule has 0 unspecified atom stereocenters. The monoisotopic (exact) mass is 258 g/mol. The summed E-state index contributed by atoms with van der Waals surface area (Å²) in [5, 5.41) is 10.8. The molecule has 2 aromatic rings. The fourth-order valence-electron chi connectivity index (χ4n) is 1.37. The van der Waals surface area contributed by atoms with Gasteiger partial charge in [0.15, 0.2) is 6.19 Å². The lowest BCUT2D eigenvalue weighted by molar-refractivity contribution is 1.06. The second-order valence-corrected chi connectivity index (χ2v) is 4.47. The van der Waals surface area contributed by atoms with E-state index in [1.807, 2.05) is 30.3 Å². The summed E-state index contributed by atoms with van der Waals surface area (Å²) in [6, 6.07) is 11.3. The van der Waals surface area contributed by atoms with Gasteiger partial charge in [-0.2, -0.15) is 5.26 Å². The molecule has 0 fully saturated rings. The lowest BCUT2D eigenvalue weighted by Gasteiger charge is -2.02. The normalized spacial score (nSPS) is 9.72. The van der Waals surface area contributed by atoms with Crippen LogP contribution < -0.4 is 10.9 Å². The van der Waals surface area contributed by atoms with Crippen molar-refractivity contribution in [2.24, 2.45) is 0 Å². The maximum Gasteiger partial charge on any atom is 0.252 e. The molecular formula is C12H10N4OS. The summed E-state index contributed by atoms with van der Waals surface area (Å²) in [6.45, 7) is 0. The second kappa shape index (κ2) is 5.89. The number of anilines is 1. The Kier molecular flexibility index (Phi) is 3.99. The average Bonchev–Trinajstić information content (AvgIpc) is 2.37. The Morgan fingerprint density at radius 3 is 2.89 bits per heavy atom. The topological polar surface area (TPSA) is 81.6 Å². The third-order valence-corrected chi connectivity index (χ3v) is 3.14. The van der Waals surface area contributed by atoms with Crippen LogP contribution in [0.3, 0.4) is 0 Å². The van der Waals surface area contributed by atoms with Crippen molar-refractivity contribution in [1.29, 1.82) is 5.26 Å². The number of H-pyrrole nitrogens is 1. The van der Waals surface area contributed by atoms with Crippen LogP contribution in [0, 0.1) is 11.5 Å². The standard InChI is InChI=1S/C12H10N4OS/c13-8-14-12-15-9(6-11(17)16-12)7-18-10-4-2-1-3-5-10/h1-6H,7H2,(H2,14,15,16,17). The van der Waals surface area contributed by atoms with Crippen molar-refractivity contribution in [3.63, 3.8) is 0 Å². The maximum absolute atomic E-state index is 11.3. The quantitative estimate of drug-likeness (QED) is 0.497. The predicted octanol–water partition coefficient (Wildman–Crippen LogP) is 1.96. The highest BCUT2D eigenvalue weighted by Gasteiger charge is 2.02. The Hall–Kier alpha value is -2.26. The maximum atomic E-state index is 11.3. The first kappa shape index (κ1) is 12.2. The predicted molar refractivity (Wildman–Crippen MR) is 70.1 cm³/mol. The lowest BCUT2D eigenvalue weighted by atomic mass is 10.4. The van der Waals surface area contributed by atoms with Crippen LogP contribution >= 0.6 is 11.8 Å². The summed E-state index contributed by atoms with van der Waals surface area (Å²) in [5.74, 6) is 0.752. The Morgan fingerprint density at radius 2 is 2.17 bits per heavy atom. The second-order valence-electron chi connectivity index (χ2n) is 3.42. The Bertz CT molecular complexity index is 618. The zero-order valence-corrected chi connectivity index (χ0v) is 10.2. The number of thioether (sulfide) groups is 1. The molecule has 90 valence electrons. The number of nitrogens with one attached hydrogen (secondary N) is 2. The van der Waals surface area contributed by atoms with Gasteiger partial charge in [0.25, 0.3) is 5.56 Å². The molecule has 5 nitrogen and oxygen atoms in total. The van der Waals surface area contributed by atoms with Gasteiger partial charge in [0.1, 0.15) is 0 Å². The number of rotatable bonds is 4. The van der Waals surface area contributed by atoms with Crippen LogP contribution in [-0.4, -0.2) is 9.97 Å². The van der Waals surface area contributed by atoms with Crippen LogP contribution in [0.4, 0.5) is 5.95 Å². The van der Waals surface area contributed by atoms with E-state index in [-0.39, 0.29) is 11.5 Å². The molecule has 0 aliphatic heterocycles. The van der Waals surface area contributed by atoms with E-state index in [0.717, 1.165) is 4.90 Å². The van der Waals surface area contributed by atoms with Gasteiger partial charge in [0.2, 0.25) is 5.95 Å². The Labute approximate surface area is 108 Å². The van der Waals surface area contributed by atoms with E-state index in [1.165, 1.54) is 6.07 Å². The molecule has 18 heavy (non-hydrogen) atoms. The minimum atomic E-state index is -0.272. The number of aromatic amines is 1. The van der Waals surface area contributed by atoms with Crippen LogP contribution in [0.25, 0.3) is 0 Å². The van der Waals surface area contributed by atoms with Crippen molar-refractivity contribution in [2.45, 2.75) is 10.6 Å². The summed E-state index contributed by atoms with van der Waals surface area (Å²) in [4.78, 5) is 19.0. The highest BCUT2D eigenvalue weighted by atomic mass is 32.2. The van der Waals surface area contributed by atoms with Crippen LogP contribution in [0.1, 0.15) is 5.69 Å². The number of aromatic nitrogens is 2. The van der Waals surface area contributed by atoms with Crippen LogP contribution in [0.2, 0.25) is 0 Å². The first-order valence-electron chi connectivity index (χ1n) is 5.21. The molecule has 0 bridgehead atoms. The molecule has 2 N–H and O–H groups in total. The third-order valence-electron chi connectivity index (χ3n) is 2.10. The smallest absolute Gasteiger partial charge is 0.252 e.